The Kier molecular flexibility index (Phi) is 4.43. The first-order valence-corrected chi connectivity index (χ1v) is 7.27. The van der Waals surface area contributed by atoms with E-state index in [2.05, 4.69) is 14.6 Å². The van der Waals surface area contributed by atoms with Crippen LogP contribution in [0.25, 0.3) is 0 Å². The smallest absolute Gasteiger partial charge is 0.277 e. The van der Waals surface area contributed by atoms with Crippen LogP contribution in [0.3, 0.4) is 0 Å². The summed E-state index contributed by atoms with van der Waals surface area (Å²) < 4.78 is 90.3. The molecule has 0 aliphatic heterocycles. The van der Waals surface area contributed by atoms with Gasteiger partial charge in [-0.25, -0.2) is 16.8 Å². The van der Waals surface area contributed by atoms with Gasteiger partial charge in [0.25, 0.3) is 20.0 Å². The zero-order chi connectivity index (χ0) is 14.8. The van der Waals surface area contributed by atoms with Gasteiger partial charge in [0.2, 0.25) is 11.8 Å². The van der Waals surface area contributed by atoms with E-state index >= 15 is 0 Å². The van der Waals surface area contributed by atoms with Crippen molar-refractivity contribution in [2.75, 3.05) is 0 Å². The molecule has 0 aliphatic rings. The van der Waals surface area contributed by atoms with Crippen molar-refractivity contribution < 1.29 is 39.2 Å². The molecular formula is C4H4F4N4O5S2. The summed E-state index contributed by atoms with van der Waals surface area (Å²) in [4.78, 5) is 0. The number of nitrogens with zero attached hydrogens (tertiary/aromatic N) is 4. The van der Waals surface area contributed by atoms with Gasteiger partial charge < -0.3 is 4.42 Å². The third-order valence-electron chi connectivity index (χ3n) is 1.54. The minimum atomic E-state index is -5.00. The Balaban J connectivity index is 2.85. The second-order valence-electron chi connectivity index (χ2n) is 2.95. The van der Waals surface area contributed by atoms with Gasteiger partial charge >= 0.3 is 0 Å². The second-order valence-corrected chi connectivity index (χ2v) is 6.40. The topological polar surface area (TPSA) is 114 Å². The lowest BCUT2D eigenvalue weighted by Gasteiger charge is -1.99. The third-order valence-corrected chi connectivity index (χ3v) is 3.61. The molecule has 0 aromatic carbocycles. The van der Waals surface area contributed by atoms with Crippen molar-refractivity contribution in [3.63, 3.8) is 0 Å². The van der Waals surface area contributed by atoms with Crippen LogP contribution in [-0.2, 0) is 31.6 Å². The lowest BCUT2D eigenvalue weighted by atomic mass is 10.8. The lowest BCUT2D eigenvalue weighted by molar-refractivity contribution is -0.0542. The first kappa shape index (κ1) is 15.7. The summed E-state index contributed by atoms with van der Waals surface area (Å²) in [5, 5.41) is 5.89. The normalized spacial score (nSPS) is 13.4. The zero-order valence-electron chi connectivity index (χ0n) is 8.57. The maximum absolute atomic E-state index is 11.8. The monoisotopic (exact) mass is 328 g/mol. The van der Waals surface area contributed by atoms with Gasteiger partial charge in [-0.15, -0.1) is 10.2 Å². The molecule has 0 atom stereocenters. The highest BCUT2D eigenvalue weighted by molar-refractivity contribution is 7.88. The third kappa shape index (κ3) is 4.08. The molecule has 1 heterocycles. The van der Waals surface area contributed by atoms with E-state index in [-0.39, 0.29) is 0 Å². The largest absolute Gasteiger partial charge is 0.423 e. The van der Waals surface area contributed by atoms with E-state index in [4.69, 9.17) is 0 Å². The first-order valence-electron chi connectivity index (χ1n) is 4.05. The fourth-order valence-corrected chi connectivity index (χ4v) is 1.87. The zero-order valence-corrected chi connectivity index (χ0v) is 10.2. The van der Waals surface area contributed by atoms with Gasteiger partial charge in [0.05, 0.1) is 0 Å². The van der Waals surface area contributed by atoms with Crippen molar-refractivity contribution in [1.29, 1.82) is 0 Å². The van der Waals surface area contributed by atoms with Crippen molar-refractivity contribution in [2.45, 2.75) is 11.5 Å². The second kappa shape index (κ2) is 5.35. The van der Waals surface area contributed by atoms with Gasteiger partial charge in [0, 0.05) is 0 Å². The first-order chi connectivity index (χ1) is 8.54. The summed E-state index contributed by atoms with van der Waals surface area (Å²) in [5.41, 5.74) is 0. The van der Waals surface area contributed by atoms with E-state index in [1.54, 1.807) is 0 Å². The molecule has 0 aliphatic carbocycles. The van der Waals surface area contributed by atoms with Gasteiger partial charge in [-0.05, 0) is 0 Å². The van der Waals surface area contributed by atoms with Crippen LogP contribution >= 0.6 is 0 Å². The predicted octanol–water partition coefficient (Wildman–Crippen LogP) is -0.129. The van der Waals surface area contributed by atoms with Crippen LogP contribution in [0, 0.1) is 0 Å². The average Bonchev–Trinajstić information content (AvgIpc) is 2.63. The highest BCUT2D eigenvalue weighted by Gasteiger charge is 2.28. The molecular weight excluding hydrogens is 324 g/mol. The lowest BCUT2D eigenvalue weighted by Crippen LogP contribution is -2.17. The molecule has 1 aromatic rings. The molecule has 1 aromatic heterocycles. The Bertz CT molecular complexity index is 585. The Morgan fingerprint density at radius 2 is 1.16 bits per heavy atom. The Labute approximate surface area is 103 Å². The Morgan fingerprint density at radius 1 is 0.842 bits per heavy atom. The number of rotatable bonds is 6. The summed E-state index contributed by atoms with van der Waals surface area (Å²) in [6, 6.07) is 0. The molecule has 15 heteroatoms. The van der Waals surface area contributed by atoms with Crippen LogP contribution in [0.15, 0.2) is 4.42 Å². The molecule has 0 saturated carbocycles. The molecule has 0 spiro atoms. The standard InChI is InChI=1S/C4H4F4N4O5S2/c5-11(6)18(13,14)1-3-9-10-4(17-3)2-19(15,16)12(7)8/h1-2H2. The van der Waals surface area contributed by atoms with Crippen LogP contribution in [0.2, 0.25) is 0 Å². The molecule has 110 valence electrons. The minimum absolute atomic E-state index is 0.866. The maximum atomic E-state index is 11.8. The molecule has 9 nitrogen and oxygen atoms in total. The van der Waals surface area contributed by atoms with Crippen LogP contribution < -0.4 is 0 Å². The Morgan fingerprint density at radius 3 is 1.42 bits per heavy atom. The van der Waals surface area contributed by atoms with E-state index in [0.29, 0.717) is 0 Å². The molecule has 0 fully saturated rings. The number of hydrogen-bond acceptors (Lipinski definition) is 7. The van der Waals surface area contributed by atoms with Crippen LogP contribution in [0.4, 0.5) is 17.9 Å². The summed E-state index contributed by atoms with van der Waals surface area (Å²) in [7, 11) is -10.0. The van der Waals surface area contributed by atoms with Crippen LogP contribution in [0.1, 0.15) is 11.8 Å². The highest BCUT2D eigenvalue weighted by Crippen LogP contribution is 2.14. The Hall–Kier alpha value is -1.32. The van der Waals surface area contributed by atoms with Crippen molar-refractivity contribution in [3.05, 3.63) is 11.8 Å². The molecule has 0 bridgehead atoms. The number of hydrogen-bond donors (Lipinski definition) is 0. The number of halogens is 4. The van der Waals surface area contributed by atoms with E-state index < -0.39 is 52.8 Å². The van der Waals surface area contributed by atoms with Gasteiger partial charge in [-0.2, -0.15) is 0 Å². The van der Waals surface area contributed by atoms with E-state index in [9.17, 15) is 34.8 Å². The minimum Gasteiger partial charge on any atom is -0.423 e. The van der Waals surface area contributed by atoms with Gasteiger partial charge in [0.1, 0.15) is 21.0 Å². The molecule has 0 amide bonds. The average molecular weight is 328 g/mol. The van der Waals surface area contributed by atoms with Gasteiger partial charge in [-0.3, -0.25) is 0 Å². The van der Waals surface area contributed by atoms with Crippen molar-refractivity contribution in [1.82, 2.24) is 19.7 Å². The van der Waals surface area contributed by atoms with Crippen molar-refractivity contribution in [3.8, 4) is 0 Å². The summed E-state index contributed by atoms with van der Waals surface area (Å²) in [5.74, 6) is -4.53. The summed E-state index contributed by atoms with van der Waals surface area (Å²) in [6.45, 7) is 0. The molecule has 1 rings (SSSR count). The van der Waals surface area contributed by atoms with Crippen LogP contribution in [0.5, 0.6) is 0 Å². The van der Waals surface area contributed by atoms with Crippen LogP contribution in [-0.4, -0.2) is 36.5 Å². The molecule has 0 unspecified atom stereocenters. The summed E-state index contributed by atoms with van der Waals surface area (Å²) in [6.07, 6.45) is 0. The predicted molar refractivity (Wildman–Crippen MR) is 47.7 cm³/mol. The van der Waals surface area contributed by atoms with E-state index in [0.717, 1.165) is 0 Å². The highest BCUT2D eigenvalue weighted by atomic mass is 32.2. The molecule has 0 saturated heterocycles. The summed E-state index contributed by atoms with van der Waals surface area (Å²) >= 11 is 0. The maximum Gasteiger partial charge on any atom is 0.277 e. The fourth-order valence-electron chi connectivity index (χ4n) is 0.815. The van der Waals surface area contributed by atoms with Crippen molar-refractivity contribution >= 4 is 20.0 Å². The molecule has 0 N–H and O–H groups in total. The van der Waals surface area contributed by atoms with Crippen molar-refractivity contribution in [2.24, 2.45) is 0 Å². The SMILES string of the molecule is O=S(=O)(Cc1nnc(CS(=O)(=O)N(F)F)o1)N(F)F. The molecule has 0 radical (unpaired) electrons. The van der Waals surface area contributed by atoms with E-state index in [1.807, 2.05) is 0 Å². The fraction of sp³-hybridized carbons (Fsp3) is 0.500. The van der Waals surface area contributed by atoms with Gasteiger partial charge in [-0.1, -0.05) is 17.9 Å². The number of aromatic nitrogens is 2. The van der Waals surface area contributed by atoms with Gasteiger partial charge in [0.15, 0.2) is 0 Å². The van der Waals surface area contributed by atoms with E-state index in [1.165, 1.54) is 0 Å². The molecule has 19 heavy (non-hydrogen) atoms. The number of sulfonamides is 2. The quantitative estimate of drug-likeness (QED) is 0.528.